The standard InChI is InChI=1S/C19H24FN3O/c1-14-13-17(20)6-5-16(14)10-12-23-19(21)22-11-9-15-3-7-18(24-2)8-4-15/h3-8,13H,9-12H2,1-2H3,(H3,21,22,23). The lowest BCUT2D eigenvalue weighted by molar-refractivity contribution is 0.414. The fraction of sp³-hybridized carbons (Fsp3) is 0.316. The van der Waals surface area contributed by atoms with Gasteiger partial charge in [-0.3, -0.25) is 4.99 Å². The van der Waals surface area contributed by atoms with Crippen LogP contribution in [-0.2, 0) is 12.8 Å². The SMILES string of the molecule is COc1ccc(CCNC(N)=NCCc2ccc(F)cc2C)cc1. The van der Waals surface area contributed by atoms with Crippen LogP contribution in [0.5, 0.6) is 5.75 Å². The first-order valence-electron chi connectivity index (χ1n) is 8.00. The van der Waals surface area contributed by atoms with Gasteiger partial charge in [-0.2, -0.15) is 0 Å². The molecule has 2 aromatic rings. The van der Waals surface area contributed by atoms with Crippen molar-refractivity contribution in [1.82, 2.24) is 5.32 Å². The number of aliphatic imine (C=N–C) groups is 1. The minimum Gasteiger partial charge on any atom is -0.497 e. The molecule has 0 bridgehead atoms. The zero-order valence-electron chi connectivity index (χ0n) is 14.2. The van der Waals surface area contributed by atoms with Gasteiger partial charge in [0.25, 0.3) is 0 Å². The van der Waals surface area contributed by atoms with Crippen LogP contribution < -0.4 is 15.8 Å². The van der Waals surface area contributed by atoms with Crippen molar-refractivity contribution < 1.29 is 9.13 Å². The molecule has 0 fully saturated rings. The van der Waals surface area contributed by atoms with Crippen molar-refractivity contribution in [2.45, 2.75) is 19.8 Å². The Morgan fingerprint density at radius 2 is 1.92 bits per heavy atom. The Hall–Kier alpha value is -2.56. The lowest BCUT2D eigenvalue weighted by Gasteiger charge is -2.07. The highest BCUT2D eigenvalue weighted by Gasteiger charge is 2.00. The maximum Gasteiger partial charge on any atom is 0.188 e. The fourth-order valence-corrected chi connectivity index (χ4v) is 2.42. The summed E-state index contributed by atoms with van der Waals surface area (Å²) >= 11 is 0. The van der Waals surface area contributed by atoms with E-state index in [1.54, 1.807) is 13.2 Å². The van der Waals surface area contributed by atoms with E-state index in [-0.39, 0.29) is 5.82 Å². The normalized spacial score (nSPS) is 11.4. The molecule has 0 aliphatic heterocycles. The molecular weight excluding hydrogens is 305 g/mol. The van der Waals surface area contributed by atoms with Crippen molar-refractivity contribution in [1.29, 1.82) is 0 Å². The first-order valence-corrected chi connectivity index (χ1v) is 8.00. The molecule has 0 atom stereocenters. The average Bonchev–Trinajstić information content (AvgIpc) is 2.57. The van der Waals surface area contributed by atoms with Gasteiger partial charge in [0.1, 0.15) is 11.6 Å². The Kier molecular flexibility index (Phi) is 6.61. The Labute approximate surface area is 142 Å². The number of nitrogens with one attached hydrogen (secondary N) is 1. The summed E-state index contributed by atoms with van der Waals surface area (Å²) in [5.74, 6) is 1.08. The van der Waals surface area contributed by atoms with Crippen LogP contribution in [0.15, 0.2) is 47.5 Å². The summed E-state index contributed by atoms with van der Waals surface area (Å²) in [5, 5.41) is 3.11. The number of rotatable bonds is 7. The molecule has 0 heterocycles. The van der Waals surface area contributed by atoms with Gasteiger partial charge in [-0.05, 0) is 60.7 Å². The van der Waals surface area contributed by atoms with E-state index in [2.05, 4.69) is 10.3 Å². The average molecular weight is 329 g/mol. The molecular formula is C19H24FN3O. The number of methoxy groups -OCH3 is 1. The van der Waals surface area contributed by atoms with Gasteiger partial charge in [0.15, 0.2) is 5.96 Å². The van der Waals surface area contributed by atoms with Gasteiger partial charge in [-0.15, -0.1) is 0 Å². The van der Waals surface area contributed by atoms with E-state index >= 15 is 0 Å². The predicted octanol–water partition coefficient (Wildman–Crippen LogP) is 2.83. The minimum absolute atomic E-state index is 0.209. The van der Waals surface area contributed by atoms with E-state index in [1.165, 1.54) is 17.7 Å². The Morgan fingerprint density at radius 1 is 1.17 bits per heavy atom. The molecule has 0 aromatic heterocycles. The van der Waals surface area contributed by atoms with Gasteiger partial charge in [0.05, 0.1) is 7.11 Å². The highest BCUT2D eigenvalue weighted by atomic mass is 19.1. The van der Waals surface area contributed by atoms with E-state index in [4.69, 9.17) is 10.5 Å². The largest absolute Gasteiger partial charge is 0.497 e. The molecule has 5 heteroatoms. The van der Waals surface area contributed by atoms with Gasteiger partial charge >= 0.3 is 0 Å². The highest BCUT2D eigenvalue weighted by Crippen LogP contribution is 2.12. The van der Waals surface area contributed by atoms with Gasteiger partial charge in [0, 0.05) is 13.1 Å². The number of nitrogens with two attached hydrogens (primary N) is 1. The summed E-state index contributed by atoms with van der Waals surface area (Å²) in [5.41, 5.74) is 9.11. The molecule has 0 saturated carbocycles. The minimum atomic E-state index is -0.209. The van der Waals surface area contributed by atoms with Crippen molar-refractivity contribution in [2.75, 3.05) is 20.2 Å². The molecule has 24 heavy (non-hydrogen) atoms. The smallest absolute Gasteiger partial charge is 0.188 e. The van der Waals surface area contributed by atoms with Crippen LogP contribution in [0.2, 0.25) is 0 Å². The number of benzene rings is 2. The number of hydrogen-bond donors (Lipinski definition) is 2. The molecule has 3 N–H and O–H groups in total. The molecule has 0 amide bonds. The number of halogens is 1. The molecule has 2 aromatic carbocycles. The summed E-state index contributed by atoms with van der Waals surface area (Å²) in [7, 11) is 1.65. The van der Waals surface area contributed by atoms with Gasteiger partial charge in [0.2, 0.25) is 0 Å². The van der Waals surface area contributed by atoms with Crippen molar-refractivity contribution in [2.24, 2.45) is 10.7 Å². The van der Waals surface area contributed by atoms with Crippen molar-refractivity contribution in [3.8, 4) is 5.75 Å². The van der Waals surface area contributed by atoms with Crippen LogP contribution in [0.3, 0.4) is 0 Å². The van der Waals surface area contributed by atoms with Crippen LogP contribution >= 0.6 is 0 Å². The summed E-state index contributed by atoms with van der Waals surface area (Å²) in [6.07, 6.45) is 1.60. The number of aryl methyl sites for hydroxylation is 1. The van der Waals surface area contributed by atoms with Gasteiger partial charge < -0.3 is 15.8 Å². The van der Waals surface area contributed by atoms with Crippen LogP contribution in [0.1, 0.15) is 16.7 Å². The van der Waals surface area contributed by atoms with Crippen molar-refractivity contribution >= 4 is 5.96 Å². The van der Waals surface area contributed by atoms with E-state index in [0.717, 1.165) is 36.3 Å². The Bertz CT molecular complexity index is 684. The molecule has 0 unspecified atom stereocenters. The third kappa shape index (κ3) is 5.57. The monoisotopic (exact) mass is 329 g/mol. The van der Waals surface area contributed by atoms with Crippen molar-refractivity contribution in [3.63, 3.8) is 0 Å². The van der Waals surface area contributed by atoms with E-state index in [9.17, 15) is 4.39 Å². The maximum absolute atomic E-state index is 13.1. The van der Waals surface area contributed by atoms with Crippen molar-refractivity contribution in [3.05, 3.63) is 65.0 Å². The summed E-state index contributed by atoms with van der Waals surface area (Å²) in [4.78, 5) is 4.31. The summed E-state index contributed by atoms with van der Waals surface area (Å²) in [6, 6.07) is 12.8. The van der Waals surface area contributed by atoms with Crippen LogP contribution in [-0.4, -0.2) is 26.2 Å². The Morgan fingerprint density at radius 3 is 2.58 bits per heavy atom. The first kappa shape index (κ1) is 17.8. The lowest BCUT2D eigenvalue weighted by atomic mass is 10.1. The maximum atomic E-state index is 13.1. The topological polar surface area (TPSA) is 59.6 Å². The third-order valence-electron chi connectivity index (χ3n) is 3.85. The van der Waals surface area contributed by atoms with Crippen LogP contribution in [0.25, 0.3) is 0 Å². The molecule has 0 spiro atoms. The predicted molar refractivity (Wildman–Crippen MR) is 96.0 cm³/mol. The number of nitrogens with zero attached hydrogens (tertiary/aromatic N) is 1. The van der Waals surface area contributed by atoms with Gasteiger partial charge in [-0.25, -0.2) is 4.39 Å². The quantitative estimate of drug-likeness (QED) is 0.606. The molecule has 0 radical (unpaired) electrons. The summed E-state index contributed by atoms with van der Waals surface area (Å²) in [6.45, 7) is 3.20. The molecule has 128 valence electrons. The lowest BCUT2D eigenvalue weighted by Crippen LogP contribution is -2.33. The first-order chi connectivity index (χ1) is 11.6. The molecule has 0 aliphatic carbocycles. The third-order valence-corrected chi connectivity index (χ3v) is 3.85. The zero-order valence-corrected chi connectivity index (χ0v) is 14.2. The molecule has 0 saturated heterocycles. The van der Waals surface area contributed by atoms with E-state index < -0.39 is 0 Å². The van der Waals surface area contributed by atoms with Gasteiger partial charge in [-0.1, -0.05) is 18.2 Å². The number of guanidine groups is 1. The number of ether oxygens (including phenoxy) is 1. The molecule has 4 nitrogen and oxygen atoms in total. The van der Waals surface area contributed by atoms with Crippen LogP contribution in [0, 0.1) is 12.7 Å². The number of hydrogen-bond acceptors (Lipinski definition) is 2. The second-order valence-corrected chi connectivity index (χ2v) is 5.61. The van der Waals surface area contributed by atoms with E-state index in [1.807, 2.05) is 31.2 Å². The molecule has 2 rings (SSSR count). The molecule has 0 aliphatic rings. The Balaban J connectivity index is 1.73. The zero-order chi connectivity index (χ0) is 17.4. The highest BCUT2D eigenvalue weighted by molar-refractivity contribution is 5.77. The second-order valence-electron chi connectivity index (χ2n) is 5.61. The van der Waals surface area contributed by atoms with E-state index in [0.29, 0.717) is 12.5 Å². The second kappa shape index (κ2) is 8.91. The fourth-order valence-electron chi connectivity index (χ4n) is 2.42. The van der Waals surface area contributed by atoms with Crippen LogP contribution in [0.4, 0.5) is 4.39 Å². The summed E-state index contributed by atoms with van der Waals surface area (Å²) < 4.78 is 18.2.